The average Bonchev–Trinajstić information content (AvgIpc) is 3.01. The minimum Gasteiger partial charge on any atom is -0.493 e. The van der Waals surface area contributed by atoms with Gasteiger partial charge in [-0.2, -0.15) is 17.6 Å². The highest BCUT2D eigenvalue weighted by molar-refractivity contribution is 7.93. The van der Waals surface area contributed by atoms with Crippen LogP contribution in [0.25, 0.3) is 0 Å². The number of nitrogens with zero attached hydrogens (tertiary/aromatic N) is 1. The summed E-state index contributed by atoms with van der Waals surface area (Å²) >= 11 is 0. The van der Waals surface area contributed by atoms with Crippen molar-refractivity contribution < 1.29 is 35.6 Å². The van der Waals surface area contributed by atoms with Gasteiger partial charge in [0.1, 0.15) is 11.0 Å². The van der Waals surface area contributed by atoms with Crippen LogP contribution in [0.3, 0.4) is 0 Å². The summed E-state index contributed by atoms with van der Waals surface area (Å²) in [6.45, 7) is 3.60. The predicted octanol–water partition coefficient (Wildman–Crippen LogP) is 4.87. The van der Waals surface area contributed by atoms with E-state index in [1.807, 2.05) is 0 Å². The first-order chi connectivity index (χ1) is 15.6. The molecule has 0 amide bonds. The van der Waals surface area contributed by atoms with Crippen molar-refractivity contribution in [3.63, 3.8) is 0 Å². The molecular formula is C22H25F5N2O4S. The highest BCUT2D eigenvalue weighted by Gasteiger charge is 2.65. The summed E-state index contributed by atoms with van der Waals surface area (Å²) < 4.78 is 97.7. The number of hydrogen-bond donors (Lipinski definition) is 1. The average molecular weight is 509 g/mol. The molecule has 1 fully saturated rings. The van der Waals surface area contributed by atoms with Crippen molar-refractivity contribution in [2.45, 2.75) is 49.5 Å². The molecule has 0 saturated carbocycles. The van der Waals surface area contributed by atoms with Crippen molar-refractivity contribution in [3.8, 4) is 5.75 Å². The SMILES string of the molecule is CN=[S@@](C)(=O)c1c(C)[nH]c([C@@H]2O[C@@](C)(C(F)(F)F)[C@@H](C)[C@H]2c2ccc(F)c(F)c2OC)cc1=O. The number of rotatable bonds is 4. The number of benzene rings is 1. The Labute approximate surface area is 193 Å². The summed E-state index contributed by atoms with van der Waals surface area (Å²) in [5.41, 5.74) is -3.31. The number of pyridine rings is 1. The number of halogens is 5. The summed E-state index contributed by atoms with van der Waals surface area (Å²) in [7, 11) is -0.679. The minimum absolute atomic E-state index is 0.0332. The molecule has 1 aromatic carbocycles. The number of ether oxygens (including phenoxy) is 2. The van der Waals surface area contributed by atoms with E-state index in [1.54, 1.807) is 0 Å². The van der Waals surface area contributed by atoms with Crippen molar-refractivity contribution in [1.29, 1.82) is 0 Å². The number of aryl methyl sites for hydroxylation is 1. The van der Waals surface area contributed by atoms with Crippen LogP contribution < -0.4 is 10.2 Å². The zero-order valence-corrected chi connectivity index (χ0v) is 20.2. The summed E-state index contributed by atoms with van der Waals surface area (Å²) in [5.74, 6) is -5.59. The molecule has 1 aromatic heterocycles. The molecule has 3 rings (SSSR count). The third-order valence-electron chi connectivity index (χ3n) is 6.53. The Balaban J connectivity index is 2.30. The van der Waals surface area contributed by atoms with Crippen molar-refractivity contribution in [3.05, 3.63) is 57.0 Å². The lowest BCUT2D eigenvalue weighted by Gasteiger charge is -2.32. The number of hydrogen-bond acceptors (Lipinski definition) is 5. The number of nitrogens with one attached hydrogen (secondary N) is 1. The van der Waals surface area contributed by atoms with Crippen LogP contribution in [0.15, 0.2) is 32.3 Å². The van der Waals surface area contributed by atoms with E-state index in [-0.39, 0.29) is 21.8 Å². The van der Waals surface area contributed by atoms with Crippen molar-refractivity contribution in [1.82, 2.24) is 4.98 Å². The van der Waals surface area contributed by atoms with Gasteiger partial charge in [-0.05, 0) is 19.9 Å². The molecule has 6 nitrogen and oxygen atoms in total. The predicted molar refractivity (Wildman–Crippen MR) is 116 cm³/mol. The second-order valence-electron chi connectivity index (χ2n) is 8.47. The Morgan fingerprint density at radius 3 is 2.38 bits per heavy atom. The van der Waals surface area contributed by atoms with Gasteiger partial charge in [0, 0.05) is 48.2 Å². The maximum Gasteiger partial charge on any atom is 0.417 e. The smallest absolute Gasteiger partial charge is 0.417 e. The molecule has 1 N–H and O–H groups in total. The molecule has 0 spiro atoms. The van der Waals surface area contributed by atoms with Gasteiger partial charge in [0.15, 0.2) is 22.6 Å². The Morgan fingerprint density at radius 2 is 1.88 bits per heavy atom. The van der Waals surface area contributed by atoms with Crippen LogP contribution in [0, 0.1) is 24.5 Å². The Morgan fingerprint density at radius 1 is 1.26 bits per heavy atom. The minimum atomic E-state index is -4.82. The van der Waals surface area contributed by atoms with E-state index in [2.05, 4.69) is 9.35 Å². The molecule has 1 aliphatic rings. The van der Waals surface area contributed by atoms with Crippen LogP contribution >= 0.6 is 0 Å². The van der Waals surface area contributed by atoms with Gasteiger partial charge in [0.25, 0.3) is 0 Å². The fourth-order valence-corrected chi connectivity index (χ4v) is 5.73. The summed E-state index contributed by atoms with van der Waals surface area (Å²) in [6.07, 6.45) is -4.96. The zero-order chi connectivity index (χ0) is 25.8. The quantitative estimate of drug-likeness (QED) is 0.598. The zero-order valence-electron chi connectivity index (χ0n) is 19.3. The third kappa shape index (κ3) is 4.00. The van der Waals surface area contributed by atoms with Gasteiger partial charge < -0.3 is 14.5 Å². The van der Waals surface area contributed by atoms with Gasteiger partial charge in [-0.1, -0.05) is 13.0 Å². The number of aromatic nitrogens is 1. The second-order valence-corrected chi connectivity index (χ2v) is 10.8. The van der Waals surface area contributed by atoms with E-state index in [0.29, 0.717) is 0 Å². The van der Waals surface area contributed by atoms with Crippen molar-refractivity contribution in [2.75, 3.05) is 20.4 Å². The fraction of sp³-hybridized carbons (Fsp3) is 0.500. The van der Waals surface area contributed by atoms with Crippen LogP contribution in [0.1, 0.15) is 42.8 Å². The fourth-order valence-electron chi connectivity index (χ4n) is 4.50. The molecule has 2 heterocycles. The molecule has 1 saturated heterocycles. The number of aromatic amines is 1. The van der Waals surface area contributed by atoms with Gasteiger partial charge >= 0.3 is 6.18 Å². The topological polar surface area (TPSA) is 80.8 Å². The lowest BCUT2D eigenvalue weighted by molar-refractivity contribution is -0.275. The maximum atomic E-state index is 14.5. The van der Waals surface area contributed by atoms with Crippen molar-refractivity contribution >= 4 is 9.73 Å². The Hall–Kier alpha value is -2.47. The normalized spacial score (nSPS) is 26.9. The van der Waals surface area contributed by atoms with Crippen LogP contribution in [-0.2, 0) is 14.5 Å². The second kappa shape index (κ2) is 8.63. The number of alkyl halides is 3. The molecule has 1 aliphatic heterocycles. The van der Waals surface area contributed by atoms with Crippen LogP contribution in [-0.4, -0.2) is 41.4 Å². The largest absolute Gasteiger partial charge is 0.493 e. The summed E-state index contributed by atoms with van der Waals surface area (Å²) in [6, 6.07) is 2.95. The van der Waals surface area contributed by atoms with Gasteiger partial charge in [-0.15, -0.1) is 0 Å². The maximum absolute atomic E-state index is 14.5. The molecule has 5 atom stereocenters. The van der Waals surface area contributed by atoms with E-state index in [4.69, 9.17) is 9.47 Å². The van der Waals surface area contributed by atoms with Crippen LogP contribution in [0.5, 0.6) is 5.75 Å². The van der Waals surface area contributed by atoms with Gasteiger partial charge in [0.05, 0.1) is 16.8 Å². The molecule has 0 unspecified atom stereocenters. The monoisotopic (exact) mass is 508 g/mol. The highest BCUT2D eigenvalue weighted by Crippen LogP contribution is 2.59. The van der Waals surface area contributed by atoms with Gasteiger partial charge in [0.2, 0.25) is 5.82 Å². The Bertz CT molecular complexity index is 1300. The van der Waals surface area contributed by atoms with Gasteiger partial charge in [-0.3, -0.25) is 4.79 Å². The molecule has 12 heteroatoms. The first-order valence-electron chi connectivity index (χ1n) is 10.2. The molecule has 0 radical (unpaired) electrons. The van der Waals surface area contributed by atoms with E-state index >= 15 is 0 Å². The first kappa shape index (κ1) is 26.1. The highest BCUT2D eigenvalue weighted by atomic mass is 32.2. The molecule has 188 valence electrons. The standard InChI is InChI=1S/C22H25F5N2O4S/c1-10-16(12-7-8-13(23)17(24)18(12)32-5)19(33-21(10,3)22(25,26)27)14-9-15(30)20(11(2)29-14)34(6,31)28-4/h7-10,16,19H,1-6H3,(H,29,30)/t10-,16-,19-,21+,34-/m0/s1. The number of H-pyrrole nitrogens is 1. The molecular weight excluding hydrogens is 483 g/mol. The van der Waals surface area contributed by atoms with E-state index in [1.165, 1.54) is 27.2 Å². The van der Waals surface area contributed by atoms with Gasteiger partial charge in [-0.25, -0.2) is 13.0 Å². The summed E-state index contributed by atoms with van der Waals surface area (Å²) in [4.78, 5) is 15.6. The van der Waals surface area contributed by atoms with Crippen molar-refractivity contribution in [2.24, 2.45) is 10.3 Å². The van der Waals surface area contributed by atoms with E-state index < -0.39 is 62.3 Å². The van der Waals surface area contributed by atoms with Crippen LogP contribution in [0.4, 0.5) is 22.0 Å². The van der Waals surface area contributed by atoms with Crippen LogP contribution in [0.2, 0.25) is 0 Å². The Kier molecular flexibility index (Phi) is 6.64. The summed E-state index contributed by atoms with van der Waals surface area (Å²) in [5, 5.41) is 0. The van der Waals surface area contributed by atoms with E-state index in [9.17, 15) is 31.0 Å². The number of methoxy groups -OCH3 is 1. The first-order valence-corrected chi connectivity index (χ1v) is 12.1. The molecule has 2 aromatic rings. The lowest BCUT2D eigenvalue weighted by atomic mass is 9.76. The lowest BCUT2D eigenvalue weighted by Crippen LogP contribution is -2.46. The molecule has 0 bridgehead atoms. The molecule has 34 heavy (non-hydrogen) atoms. The third-order valence-corrected chi connectivity index (χ3v) is 8.49. The molecule has 0 aliphatic carbocycles. The van der Waals surface area contributed by atoms with E-state index in [0.717, 1.165) is 32.2 Å².